The predicted octanol–water partition coefficient (Wildman–Crippen LogP) is 3.68. The summed E-state index contributed by atoms with van der Waals surface area (Å²) in [5.74, 6) is 0. The molecule has 0 atom stereocenters. The van der Waals surface area contributed by atoms with E-state index in [1.807, 2.05) is 28.9 Å². The summed E-state index contributed by atoms with van der Waals surface area (Å²) in [5.41, 5.74) is 4.68. The summed E-state index contributed by atoms with van der Waals surface area (Å²) in [6, 6.07) is 8.30. The molecule has 0 amide bonds. The van der Waals surface area contributed by atoms with Gasteiger partial charge in [0.1, 0.15) is 0 Å². The molecule has 0 saturated carbocycles. The average Bonchev–Trinajstić information content (AvgIpc) is 2.67. The van der Waals surface area contributed by atoms with Crippen LogP contribution in [0.1, 0.15) is 30.8 Å². The number of halogens is 1. The van der Waals surface area contributed by atoms with E-state index in [2.05, 4.69) is 38.1 Å². The number of aryl methyl sites for hydroxylation is 1. The molecule has 20 heavy (non-hydrogen) atoms. The van der Waals surface area contributed by atoms with Crippen LogP contribution in [-0.2, 0) is 6.42 Å². The van der Waals surface area contributed by atoms with Crippen molar-refractivity contribution in [1.82, 2.24) is 15.1 Å². The van der Waals surface area contributed by atoms with Gasteiger partial charge in [0.25, 0.3) is 0 Å². The molecule has 1 heterocycles. The summed E-state index contributed by atoms with van der Waals surface area (Å²) in [6.45, 7) is 9.50. The molecule has 1 aromatic heterocycles. The molecule has 1 N–H and O–H groups in total. The second-order valence-electron chi connectivity index (χ2n) is 5.40. The minimum atomic E-state index is 0.516. The van der Waals surface area contributed by atoms with Crippen LogP contribution < -0.4 is 5.32 Å². The monoisotopic (exact) mass is 291 g/mol. The van der Waals surface area contributed by atoms with Crippen molar-refractivity contribution in [3.8, 4) is 5.69 Å². The van der Waals surface area contributed by atoms with Crippen LogP contribution in [0.5, 0.6) is 0 Å². The van der Waals surface area contributed by atoms with Gasteiger partial charge in [-0.05, 0) is 56.6 Å². The highest BCUT2D eigenvalue weighted by Crippen LogP contribution is 2.19. The summed E-state index contributed by atoms with van der Waals surface area (Å²) in [4.78, 5) is 0. The first-order valence-corrected chi connectivity index (χ1v) is 7.41. The van der Waals surface area contributed by atoms with Gasteiger partial charge in [-0.3, -0.25) is 0 Å². The number of nitrogens with one attached hydrogen (secondary N) is 1. The van der Waals surface area contributed by atoms with Crippen molar-refractivity contribution in [1.29, 1.82) is 0 Å². The molecule has 108 valence electrons. The maximum atomic E-state index is 5.94. The fourth-order valence-corrected chi connectivity index (χ4v) is 2.48. The first-order valence-electron chi connectivity index (χ1n) is 7.03. The summed E-state index contributed by atoms with van der Waals surface area (Å²) in [7, 11) is 0. The lowest BCUT2D eigenvalue weighted by atomic mass is 10.1. The number of rotatable bonds is 5. The van der Waals surface area contributed by atoms with Crippen molar-refractivity contribution in [2.24, 2.45) is 0 Å². The molecule has 0 saturated heterocycles. The van der Waals surface area contributed by atoms with E-state index in [1.54, 1.807) is 0 Å². The summed E-state index contributed by atoms with van der Waals surface area (Å²) < 4.78 is 2.00. The summed E-state index contributed by atoms with van der Waals surface area (Å²) in [6.07, 6.45) is 1.00. The topological polar surface area (TPSA) is 29.9 Å². The van der Waals surface area contributed by atoms with Gasteiger partial charge >= 0.3 is 0 Å². The molecule has 0 aliphatic rings. The van der Waals surface area contributed by atoms with Crippen LogP contribution in [0.3, 0.4) is 0 Å². The Kier molecular flexibility index (Phi) is 4.84. The molecule has 0 radical (unpaired) electrons. The number of aromatic nitrogens is 2. The highest BCUT2D eigenvalue weighted by atomic mass is 35.5. The highest BCUT2D eigenvalue weighted by molar-refractivity contribution is 6.30. The highest BCUT2D eigenvalue weighted by Gasteiger charge is 2.12. The first kappa shape index (κ1) is 15.1. The van der Waals surface area contributed by atoms with Gasteiger partial charge < -0.3 is 5.32 Å². The third kappa shape index (κ3) is 3.41. The van der Waals surface area contributed by atoms with E-state index in [-0.39, 0.29) is 0 Å². The molecule has 0 spiro atoms. The lowest BCUT2D eigenvalue weighted by Gasteiger charge is -2.08. The van der Waals surface area contributed by atoms with Crippen LogP contribution in [0.25, 0.3) is 5.69 Å². The molecule has 0 aliphatic carbocycles. The molecule has 0 bridgehead atoms. The molecule has 1 aromatic carbocycles. The van der Waals surface area contributed by atoms with Gasteiger partial charge in [-0.2, -0.15) is 5.10 Å². The molecule has 0 unspecified atom stereocenters. The molecule has 4 heteroatoms. The van der Waals surface area contributed by atoms with Crippen LogP contribution in [0.15, 0.2) is 24.3 Å². The van der Waals surface area contributed by atoms with Crippen LogP contribution in [0, 0.1) is 13.8 Å². The largest absolute Gasteiger partial charge is 0.314 e. The van der Waals surface area contributed by atoms with E-state index in [4.69, 9.17) is 11.6 Å². The number of nitrogens with zero attached hydrogens (tertiary/aromatic N) is 2. The molecular formula is C16H22ClN3. The van der Waals surface area contributed by atoms with Crippen LogP contribution >= 0.6 is 11.6 Å². The predicted molar refractivity (Wildman–Crippen MR) is 84.9 cm³/mol. The fourth-order valence-electron chi connectivity index (χ4n) is 2.36. The maximum Gasteiger partial charge on any atom is 0.0649 e. The molecule has 3 nitrogen and oxygen atoms in total. The standard InChI is InChI=1S/C16H22ClN3/c1-11(2)18-10-9-16-12(3)19-20(13(16)4)15-7-5-14(17)6-8-15/h5-8,11,18H,9-10H2,1-4H3. The Balaban J connectivity index is 2.22. The third-order valence-corrected chi connectivity index (χ3v) is 3.69. The lowest BCUT2D eigenvalue weighted by molar-refractivity contribution is 0.589. The van der Waals surface area contributed by atoms with E-state index in [9.17, 15) is 0 Å². The first-order chi connectivity index (χ1) is 9.49. The van der Waals surface area contributed by atoms with Gasteiger partial charge in [-0.1, -0.05) is 25.4 Å². The van der Waals surface area contributed by atoms with Gasteiger partial charge in [0.2, 0.25) is 0 Å². The lowest BCUT2D eigenvalue weighted by Crippen LogP contribution is -2.25. The number of benzene rings is 1. The second-order valence-corrected chi connectivity index (χ2v) is 5.83. The van der Waals surface area contributed by atoms with E-state index in [1.165, 1.54) is 11.3 Å². The van der Waals surface area contributed by atoms with Crippen molar-refractivity contribution in [3.63, 3.8) is 0 Å². The maximum absolute atomic E-state index is 5.94. The minimum absolute atomic E-state index is 0.516. The fraction of sp³-hybridized carbons (Fsp3) is 0.438. The second kappa shape index (κ2) is 6.42. The van der Waals surface area contributed by atoms with Crippen molar-refractivity contribution in [3.05, 3.63) is 46.2 Å². The number of hydrogen-bond acceptors (Lipinski definition) is 2. The Morgan fingerprint density at radius 3 is 2.45 bits per heavy atom. The Bertz CT molecular complexity index is 570. The zero-order valence-corrected chi connectivity index (χ0v) is 13.3. The van der Waals surface area contributed by atoms with Crippen LogP contribution in [0.4, 0.5) is 0 Å². The molecule has 2 rings (SSSR count). The van der Waals surface area contributed by atoms with Gasteiger partial charge in [0, 0.05) is 16.8 Å². The van der Waals surface area contributed by atoms with E-state index in [0.717, 1.165) is 29.4 Å². The van der Waals surface area contributed by atoms with Gasteiger partial charge in [0.05, 0.1) is 11.4 Å². The van der Waals surface area contributed by atoms with Gasteiger partial charge in [-0.15, -0.1) is 0 Å². The zero-order chi connectivity index (χ0) is 14.7. The molecule has 2 aromatic rings. The quantitative estimate of drug-likeness (QED) is 0.911. The zero-order valence-electron chi connectivity index (χ0n) is 12.6. The average molecular weight is 292 g/mol. The minimum Gasteiger partial charge on any atom is -0.314 e. The Morgan fingerprint density at radius 2 is 1.85 bits per heavy atom. The van der Waals surface area contributed by atoms with Crippen molar-refractivity contribution >= 4 is 11.6 Å². The van der Waals surface area contributed by atoms with Gasteiger partial charge in [0.15, 0.2) is 0 Å². The Morgan fingerprint density at radius 1 is 1.20 bits per heavy atom. The smallest absolute Gasteiger partial charge is 0.0649 e. The van der Waals surface area contributed by atoms with Gasteiger partial charge in [-0.25, -0.2) is 4.68 Å². The normalized spacial score (nSPS) is 11.3. The molecule has 0 fully saturated rings. The Labute approximate surface area is 126 Å². The van der Waals surface area contributed by atoms with Crippen molar-refractivity contribution < 1.29 is 0 Å². The Hall–Kier alpha value is -1.32. The molecular weight excluding hydrogens is 270 g/mol. The summed E-state index contributed by atoms with van der Waals surface area (Å²) in [5, 5.41) is 8.85. The van der Waals surface area contributed by atoms with Crippen LogP contribution in [-0.4, -0.2) is 22.4 Å². The SMILES string of the molecule is Cc1nn(-c2ccc(Cl)cc2)c(C)c1CCNC(C)C. The van der Waals surface area contributed by atoms with Crippen LogP contribution in [0.2, 0.25) is 5.02 Å². The van der Waals surface area contributed by atoms with E-state index < -0.39 is 0 Å². The van der Waals surface area contributed by atoms with E-state index >= 15 is 0 Å². The van der Waals surface area contributed by atoms with Crippen molar-refractivity contribution in [2.45, 2.75) is 40.2 Å². The number of hydrogen-bond donors (Lipinski definition) is 1. The molecule has 0 aliphatic heterocycles. The third-order valence-electron chi connectivity index (χ3n) is 3.44. The van der Waals surface area contributed by atoms with E-state index in [0.29, 0.717) is 6.04 Å². The van der Waals surface area contributed by atoms with Crippen molar-refractivity contribution in [2.75, 3.05) is 6.54 Å². The summed E-state index contributed by atoms with van der Waals surface area (Å²) >= 11 is 5.94.